The molecule has 0 bridgehead atoms. The number of phosphoric ester groups is 2. The summed E-state index contributed by atoms with van der Waals surface area (Å²) in [5.41, 5.74) is 0. The summed E-state index contributed by atoms with van der Waals surface area (Å²) >= 11 is 0. The van der Waals surface area contributed by atoms with Gasteiger partial charge in [0, 0.05) is 19.3 Å². The molecule has 0 radical (unpaired) electrons. The maximum Gasteiger partial charge on any atom is 0.472 e. The van der Waals surface area contributed by atoms with Crippen molar-refractivity contribution in [1.29, 1.82) is 0 Å². The molecule has 0 aromatic carbocycles. The molecule has 8 atom stereocenters. The lowest BCUT2D eigenvalue weighted by atomic mass is 9.85. The van der Waals surface area contributed by atoms with E-state index < -0.39 is 83.5 Å². The van der Waals surface area contributed by atoms with Crippen LogP contribution < -0.4 is 0 Å². The Morgan fingerprint density at radius 1 is 0.507 bits per heavy atom. The van der Waals surface area contributed by atoms with Gasteiger partial charge >= 0.3 is 27.6 Å². The number of allylic oxidation sites excluding steroid dienone is 10. The quantitative estimate of drug-likeness (QED) is 0.00749. The largest absolute Gasteiger partial charge is 0.472 e. The lowest BCUT2D eigenvalue weighted by Gasteiger charge is -2.43. The third-order valence-corrected chi connectivity index (χ3v) is 12.8. The van der Waals surface area contributed by atoms with Crippen molar-refractivity contribution in [3.05, 3.63) is 60.8 Å². The molecule has 17 nitrogen and oxygen atoms in total. The third kappa shape index (κ3) is 34.4. The van der Waals surface area contributed by atoms with Crippen LogP contribution >= 0.6 is 15.6 Å². The fourth-order valence-electron chi connectivity index (χ4n) is 7.31. The van der Waals surface area contributed by atoms with Crippen molar-refractivity contribution < 1.29 is 81.7 Å². The lowest BCUT2D eigenvalue weighted by molar-refractivity contribution is -0.216. The fourth-order valence-corrected chi connectivity index (χ4v) is 8.85. The molecule has 0 spiro atoms. The summed E-state index contributed by atoms with van der Waals surface area (Å²) in [7, 11) is -10.7. The fraction of sp³-hybridized carbons (Fsp3) is 0.740. The van der Waals surface area contributed by atoms with Crippen molar-refractivity contribution in [2.24, 2.45) is 0 Å². The maximum atomic E-state index is 13.0. The molecule has 1 rings (SSSR count). The predicted octanol–water partition coefficient (Wildman–Crippen LogP) is 9.41. The minimum atomic E-state index is -5.38. The number of phosphoric acid groups is 2. The normalized spacial score (nSPS) is 21.5. The number of unbranched alkanes of at least 4 members (excludes halogenated alkanes) is 17. The van der Waals surface area contributed by atoms with Gasteiger partial charge in [0.1, 0.15) is 43.2 Å². The molecule has 0 amide bonds. The van der Waals surface area contributed by atoms with E-state index in [1.807, 2.05) is 6.08 Å². The van der Waals surface area contributed by atoms with Gasteiger partial charge in [-0.15, -0.1) is 0 Å². The van der Waals surface area contributed by atoms with E-state index >= 15 is 0 Å². The van der Waals surface area contributed by atoms with Crippen LogP contribution in [0.3, 0.4) is 0 Å². The number of aliphatic hydroxyl groups is 4. The second kappa shape index (κ2) is 39.9. The molecule has 1 aliphatic rings. The van der Waals surface area contributed by atoms with Crippen LogP contribution in [0.25, 0.3) is 0 Å². The van der Waals surface area contributed by atoms with E-state index in [4.69, 9.17) is 18.5 Å². The number of esters is 2. The first-order valence-electron chi connectivity index (χ1n) is 25.3. The number of hydrogen-bond donors (Lipinski definition) is 7. The summed E-state index contributed by atoms with van der Waals surface area (Å²) in [6, 6.07) is 0. The molecule has 0 aromatic heterocycles. The number of aliphatic hydroxyl groups excluding tert-OH is 4. The second-order valence-corrected chi connectivity index (χ2v) is 20.2. The van der Waals surface area contributed by atoms with Gasteiger partial charge in [0.15, 0.2) is 11.9 Å². The summed E-state index contributed by atoms with van der Waals surface area (Å²) in [6.07, 6.45) is 28.4. The van der Waals surface area contributed by atoms with E-state index in [2.05, 4.69) is 60.9 Å². The smallest absolute Gasteiger partial charge is 0.462 e. The van der Waals surface area contributed by atoms with Gasteiger partial charge in [-0.25, -0.2) is 9.13 Å². The molecule has 0 saturated heterocycles. The van der Waals surface area contributed by atoms with E-state index in [-0.39, 0.29) is 18.6 Å². The number of carbonyl (C=O) groups excluding carboxylic acids is 3. The first-order valence-corrected chi connectivity index (χ1v) is 28.3. The van der Waals surface area contributed by atoms with Crippen molar-refractivity contribution in [3.63, 3.8) is 0 Å². The van der Waals surface area contributed by atoms with E-state index in [1.165, 1.54) is 32.1 Å². The average molecular weight is 1020 g/mol. The van der Waals surface area contributed by atoms with Gasteiger partial charge in [0.25, 0.3) is 0 Å². The van der Waals surface area contributed by atoms with Crippen molar-refractivity contribution in [2.45, 2.75) is 224 Å². The van der Waals surface area contributed by atoms with Crippen LogP contribution in [0.4, 0.5) is 0 Å². The number of carbonyl (C=O) groups is 3. The molecule has 0 aliphatic heterocycles. The first-order chi connectivity index (χ1) is 33.0. The minimum Gasteiger partial charge on any atom is -0.462 e. The van der Waals surface area contributed by atoms with Crippen LogP contribution in [-0.4, -0.2) is 109 Å². The van der Waals surface area contributed by atoms with Crippen LogP contribution in [0.2, 0.25) is 0 Å². The highest BCUT2D eigenvalue weighted by molar-refractivity contribution is 7.47. The Kier molecular flexibility index (Phi) is 37.3. The summed E-state index contributed by atoms with van der Waals surface area (Å²) in [5, 5.41) is 41.3. The van der Waals surface area contributed by atoms with Gasteiger partial charge in [0.05, 0.1) is 6.61 Å². The standard InChI is InChI=1S/C50H86O17P2/c1-3-5-7-9-11-12-13-14-15-16-17-18-19-20-21-22-23-25-29-33-37-43(52)63-39-42(65-44(53)38-34-30-26-28-32-36-41(51)35-31-27-24-10-8-6-4-2)40-64-69(61,62)67-50-47(56)45(54)46(55)49(48(50)57)66-68(58,59)60/h12-13,15-16,18-19,24,27,31,35,42,45-50,54-57H,3-11,14,17,20-23,25-26,28-30,32-34,36-40H2,1-2H3,(H,61,62)(H2,58,59,60)/b13-12-,16-15-,19-18-,27-24-,35-31+/t42-,45?,46?,47?,48?,49-,50+/m1/s1. The van der Waals surface area contributed by atoms with Crippen molar-refractivity contribution in [2.75, 3.05) is 13.2 Å². The molecule has 5 unspecified atom stereocenters. The zero-order valence-corrected chi connectivity index (χ0v) is 43.0. The first kappa shape index (κ1) is 64.4. The van der Waals surface area contributed by atoms with E-state index in [0.29, 0.717) is 32.1 Å². The Morgan fingerprint density at radius 2 is 0.971 bits per heavy atom. The van der Waals surface area contributed by atoms with Crippen molar-refractivity contribution in [3.8, 4) is 0 Å². The molecule has 1 saturated carbocycles. The number of ether oxygens (including phenoxy) is 2. The summed E-state index contributed by atoms with van der Waals surface area (Å²) < 4.78 is 49.3. The van der Waals surface area contributed by atoms with Gasteiger partial charge in [-0.05, 0) is 76.7 Å². The van der Waals surface area contributed by atoms with Crippen LogP contribution in [0.5, 0.6) is 0 Å². The maximum absolute atomic E-state index is 13.0. The van der Waals surface area contributed by atoms with E-state index in [9.17, 15) is 58.6 Å². The molecule has 69 heavy (non-hydrogen) atoms. The predicted molar refractivity (Wildman–Crippen MR) is 265 cm³/mol. The minimum absolute atomic E-state index is 0.0418. The van der Waals surface area contributed by atoms with Crippen LogP contribution in [0.15, 0.2) is 60.8 Å². The van der Waals surface area contributed by atoms with Crippen LogP contribution in [-0.2, 0) is 46.6 Å². The average Bonchev–Trinajstić information content (AvgIpc) is 3.30. The lowest BCUT2D eigenvalue weighted by Crippen LogP contribution is -2.64. The zero-order chi connectivity index (χ0) is 51.2. The summed E-state index contributed by atoms with van der Waals surface area (Å²) in [4.78, 5) is 66.5. The molecule has 1 fully saturated rings. The molecular formula is C50H86O17P2. The Bertz CT molecular complexity index is 1630. The zero-order valence-electron chi connectivity index (χ0n) is 41.2. The summed E-state index contributed by atoms with van der Waals surface area (Å²) in [6.45, 7) is 2.94. The highest BCUT2D eigenvalue weighted by atomic mass is 31.2. The monoisotopic (exact) mass is 1020 g/mol. The number of ketones is 1. The highest BCUT2D eigenvalue weighted by Gasteiger charge is 2.54. The van der Waals surface area contributed by atoms with Crippen LogP contribution in [0, 0.1) is 0 Å². The Labute approximate surface area is 411 Å². The Balaban J connectivity index is 2.59. The van der Waals surface area contributed by atoms with Gasteiger partial charge < -0.3 is 44.6 Å². The second-order valence-electron chi connectivity index (χ2n) is 17.6. The number of rotatable bonds is 42. The Hall–Kier alpha value is -2.63. The van der Waals surface area contributed by atoms with E-state index in [1.54, 1.807) is 12.2 Å². The van der Waals surface area contributed by atoms with Crippen molar-refractivity contribution in [1.82, 2.24) is 0 Å². The van der Waals surface area contributed by atoms with Gasteiger partial charge in [-0.1, -0.05) is 146 Å². The molecular weight excluding hydrogens is 934 g/mol. The molecule has 398 valence electrons. The highest BCUT2D eigenvalue weighted by Crippen LogP contribution is 2.49. The molecule has 0 heterocycles. The van der Waals surface area contributed by atoms with Gasteiger partial charge in [0.2, 0.25) is 0 Å². The molecule has 1 aliphatic carbocycles. The topological polar surface area (TPSA) is 273 Å². The SMILES string of the molecule is CCCCC/C=C\C=C\C(=O)CCCCCCCC(=O)O[C@H](COC(=O)CCCCCCCC/C=C\C/C=C\C/C=C\CCCCCC)COP(=O)(O)O[C@H]1C(O)C(O)C(O)[C@@H](OP(=O)(O)O)C1O. The van der Waals surface area contributed by atoms with Gasteiger partial charge in [-0.2, -0.15) is 0 Å². The van der Waals surface area contributed by atoms with Crippen molar-refractivity contribution >= 4 is 33.4 Å². The Morgan fingerprint density at radius 3 is 1.55 bits per heavy atom. The van der Waals surface area contributed by atoms with Gasteiger partial charge in [-0.3, -0.25) is 28.0 Å². The molecule has 0 aromatic rings. The third-order valence-electron chi connectivity index (χ3n) is 11.3. The molecule has 7 N–H and O–H groups in total. The number of hydrogen-bond acceptors (Lipinski definition) is 14. The summed E-state index contributed by atoms with van der Waals surface area (Å²) in [5.74, 6) is -1.27. The molecule has 19 heteroatoms. The van der Waals surface area contributed by atoms with E-state index in [0.717, 1.165) is 89.9 Å². The van der Waals surface area contributed by atoms with Crippen LogP contribution in [0.1, 0.15) is 181 Å².